The molecule has 2 rings (SSSR count). The summed E-state index contributed by atoms with van der Waals surface area (Å²) in [6, 6.07) is 1.52. The highest BCUT2D eigenvalue weighted by Gasteiger charge is 2.16. The van der Waals surface area contributed by atoms with E-state index in [4.69, 9.17) is 5.73 Å². The Morgan fingerprint density at radius 2 is 2.33 bits per heavy atom. The van der Waals surface area contributed by atoms with Crippen molar-refractivity contribution in [2.75, 3.05) is 12.8 Å². The molecule has 3 N–H and O–H groups in total. The van der Waals surface area contributed by atoms with Crippen molar-refractivity contribution < 1.29 is 4.79 Å². The van der Waals surface area contributed by atoms with Crippen molar-refractivity contribution in [1.82, 2.24) is 24.9 Å². The molecule has 7 nitrogen and oxygen atoms in total. The van der Waals surface area contributed by atoms with Gasteiger partial charge >= 0.3 is 0 Å². The molecule has 0 radical (unpaired) electrons. The Labute approximate surface area is 105 Å². The number of hydrogen-bond donors (Lipinski definition) is 2. The Balaban J connectivity index is 2.10. The summed E-state index contributed by atoms with van der Waals surface area (Å²) in [5.74, 6) is 0.159. The zero-order chi connectivity index (χ0) is 13.3. The number of hydrogen-bond acceptors (Lipinski definition) is 4. The van der Waals surface area contributed by atoms with Gasteiger partial charge in [-0.1, -0.05) is 0 Å². The number of H-pyrrole nitrogens is 1. The second-order valence-corrected chi connectivity index (χ2v) is 4.25. The van der Waals surface area contributed by atoms with E-state index in [1.807, 2.05) is 14.0 Å². The molecule has 0 atom stereocenters. The fourth-order valence-electron chi connectivity index (χ4n) is 1.68. The third-order valence-electron chi connectivity index (χ3n) is 2.92. The molecular formula is C11H16N6O. The highest BCUT2D eigenvalue weighted by Crippen LogP contribution is 2.11. The van der Waals surface area contributed by atoms with Crippen LogP contribution in [0.15, 0.2) is 12.3 Å². The number of carbonyl (C=O) groups is 1. The Kier molecular flexibility index (Phi) is 3.05. The van der Waals surface area contributed by atoms with Gasteiger partial charge in [0.2, 0.25) is 0 Å². The van der Waals surface area contributed by atoms with Crippen LogP contribution in [0.1, 0.15) is 21.7 Å². The van der Waals surface area contributed by atoms with Gasteiger partial charge in [-0.25, -0.2) is 0 Å². The normalized spacial score (nSPS) is 10.6. The fourth-order valence-corrected chi connectivity index (χ4v) is 1.68. The summed E-state index contributed by atoms with van der Waals surface area (Å²) in [5.41, 5.74) is 7.91. The number of rotatable bonds is 3. The van der Waals surface area contributed by atoms with Gasteiger partial charge in [0.25, 0.3) is 5.91 Å². The van der Waals surface area contributed by atoms with E-state index in [2.05, 4.69) is 15.3 Å². The average molecular weight is 248 g/mol. The highest BCUT2D eigenvalue weighted by molar-refractivity contribution is 5.92. The molecule has 0 aromatic carbocycles. The molecule has 0 fully saturated rings. The van der Waals surface area contributed by atoms with Crippen molar-refractivity contribution in [3.05, 3.63) is 29.2 Å². The van der Waals surface area contributed by atoms with Gasteiger partial charge in [0, 0.05) is 38.0 Å². The van der Waals surface area contributed by atoms with Gasteiger partial charge in [-0.2, -0.15) is 10.2 Å². The van der Waals surface area contributed by atoms with Crippen molar-refractivity contribution in [3.8, 4) is 0 Å². The van der Waals surface area contributed by atoms with Gasteiger partial charge in [-0.3, -0.25) is 14.6 Å². The van der Waals surface area contributed by atoms with Gasteiger partial charge in [0.15, 0.2) is 0 Å². The number of aryl methyl sites for hydroxylation is 1. The van der Waals surface area contributed by atoms with Gasteiger partial charge in [0.1, 0.15) is 11.5 Å². The maximum absolute atomic E-state index is 12.1. The lowest BCUT2D eigenvalue weighted by molar-refractivity contribution is 0.0779. The molecular weight excluding hydrogens is 232 g/mol. The van der Waals surface area contributed by atoms with Crippen LogP contribution in [0.5, 0.6) is 0 Å². The molecule has 0 saturated carbocycles. The minimum Gasteiger partial charge on any atom is -0.382 e. The van der Waals surface area contributed by atoms with E-state index in [-0.39, 0.29) is 5.91 Å². The minimum absolute atomic E-state index is 0.151. The van der Waals surface area contributed by atoms with Crippen LogP contribution in [-0.2, 0) is 13.6 Å². The first-order chi connectivity index (χ1) is 8.49. The summed E-state index contributed by atoms with van der Waals surface area (Å²) in [6.07, 6.45) is 1.76. The molecule has 18 heavy (non-hydrogen) atoms. The van der Waals surface area contributed by atoms with Crippen molar-refractivity contribution in [1.29, 1.82) is 0 Å². The predicted molar refractivity (Wildman–Crippen MR) is 66.7 cm³/mol. The molecule has 0 spiro atoms. The number of nitrogen functional groups attached to an aromatic ring is 1. The lowest BCUT2D eigenvalue weighted by Crippen LogP contribution is -2.26. The number of aromatic amines is 1. The maximum atomic E-state index is 12.1. The smallest absolute Gasteiger partial charge is 0.271 e. The van der Waals surface area contributed by atoms with Crippen molar-refractivity contribution in [3.63, 3.8) is 0 Å². The fraction of sp³-hybridized carbons (Fsp3) is 0.364. The number of nitrogens with two attached hydrogens (primary N) is 1. The first kappa shape index (κ1) is 12.2. The lowest BCUT2D eigenvalue weighted by Gasteiger charge is -2.15. The van der Waals surface area contributed by atoms with E-state index in [0.29, 0.717) is 18.1 Å². The molecule has 0 aliphatic rings. The summed E-state index contributed by atoms with van der Waals surface area (Å²) in [5, 5.41) is 10.5. The summed E-state index contributed by atoms with van der Waals surface area (Å²) in [6.45, 7) is 2.46. The number of nitrogens with one attached hydrogen (secondary N) is 1. The number of nitrogens with zero attached hydrogens (tertiary/aromatic N) is 4. The quantitative estimate of drug-likeness (QED) is 0.817. The number of carbonyl (C=O) groups excluding carboxylic acids is 1. The van der Waals surface area contributed by atoms with Crippen LogP contribution in [-0.4, -0.2) is 37.8 Å². The van der Waals surface area contributed by atoms with Crippen LogP contribution in [0.3, 0.4) is 0 Å². The zero-order valence-electron chi connectivity index (χ0n) is 10.6. The Morgan fingerprint density at radius 3 is 2.83 bits per heavy atom. The maximum Gasteiger partial charge on any atom is 0.271 e. The van der Waals surface area contributed by atoms with Crippen LogP contribution in [0.4, 0.5) is 5.82 Å². The Bertz CT molecular complexity index is 570. The molecule has 0 aliphatic carbocycles. The van der Waals surface area contributed by atoms with Crippen molar-refractivity contribution in [2.24, 2.45) is 7.05 Å². The topological polar surface area (TPSA) is 92.8 Å². The molecule has 0 unspecified atom stereocenters. The minimum atomic E-state index is -0.151. The molecule has 2 heterocycles. The van der Waals surface area contributed by atoms with Crippen LogP contribution in [0.25, 0.3) is 0 Å². The van der Waals surface area contributed by atoms with Crippen LogP contribution in [0, 0.1) is 6.92 Å². The SMILES string of the molecule is Cc1c(CN(C)C(=O)c2cc(N)n[nH]2)cnn1C. The van der Waals surface area contributed by atoms with Crippen molar-refractivity contribution in [2.45, 2.75) is 13.5 Å². The zero-order valence-corrected chi connectivity index (χ0v) is 10.6. The van der Waals surface area contributed by atoms with E-state index in [1.165, 1.54) is 6.07 Å². The van der Waals surface area contributed by atoms with E-state index < -0.39 is 0 Å². The second-order valence-electron chi connectivity index (χ2n) is 4.25. The molecule has 2 aromatic rings. The highest BCUT2D eigenvalue weighted by atomic mass is 16.2. The van der Waals surface area contributed by atoms with Gasteiger partial charge in [0.05, 0.1) is 6.20 Å². The molecule has 0 saturated heterocycles. The number of anilines is 1. The van der Waals surface area contributed by atoms with E-state index >= 15 is 0 Å². The van der Waals surface area contributed by atoms with Gasteiger partial charge < -0.3 is 10.6 Å². The van der Waals surface area contributed by atoms with E-state index in [0.717, 1.165) is 11.3 Å². The standard InChI is InChI=1S/C11H16N6O/c1-7-8(5-13-17(7)3)6-16(2)11(18)9-4-10(12)15-14-9/h4-5H,6H2,1-3H3,(H3,12,14,15). The molecule has 96 valence electrons. The Morgan fingerprint density at radius 1 is 1.61 bits per heavy atom. The first-order valence-electron chi connectivity index (χ1n) is 5.53. The van der Waals surface area contributed by atoms with Crippen LogP contribution < -0.4 is 5.73 Å². The molecule has 2 aromatic heterocycles. The molecule has 0 bridgehead atoms. The summed E-state index contributed by atoms with van der Waals surface area (Å²) in [7, 11) is 3.60. The third kappa shape index (κ3) is 2.20. The average Bonchev–Trinajstić information content (AvgIpc) is 2.89. The Hall–Kier alpha value is -2.31. The summed E-state index contributed by atoms with van der Waals surface area (Å²) >= 11 is 0. The van der Waals surface area contributed by atoms with Crippen molar-refractivity contribution >= 4 is 11.7 Å². The number of aromatic nitrogens is 4. The number of amides is 1. The largest absolute Gasteiger partial charge is 0.382 e. The third-order valence-corrected chi connectivity index (χ3v) is 2.92. The predicted octanol–water partition coefficient (Wildman–Crippen LogP) is 0.306. The lowest BCUT2D eigenvalue weighted by atomic mass is 10.2. The van der Waals surface area contributed by atoms with Crippen LogP contribution >= 0.6 is 0 Å². The van der Waals surface area contributed by atoms with E-state index in [9.17, 15) is 4.79 Å². The van der Waals surface area contributed by atoms with Crippen LogP contribution in [0.2, 0.25) is 0 Å². The monoisotopic (exact) mass is 248 g/mol. The summed E-state index contributed by atoms with van der Waals surface area (Å²) < 4.78 is 1.78. The van der Waals surface area contributed by atoms with E-state index in [1.54, 1.807) is 22.8 Å². The molecule has 0 aliphatic heterocycles. The molecule has 1 amide bonds. The molecule has 7 heteroatoms. The summed E-state index contributed by atoms with van der Waals surface area (Å²) in [4.78, 5) is 13.6. The van der Waals surface area contributed by atoms with Gasteiger partial charge in [-0.15, -0.1) is 0 Å². The van der Waals surface area contributed by atoms with Gasteiger partial charge in [-0.05, 0) is 6.92 Å². The first-order valence-corrected chi connectivity index (χ1v) is 5.53. The second kappa shape index (κ2) is 4.52.